The number of nitrogens with zero attached hydrogens (tertiary/aromatic N) is 1. The predicted molar refractivity (Wildman–Crippen MR) is 106 cm³/mol. The Balaban J connectivity index is 1.95. The molecule has 0 N–H and O–H groups in total. The monoisotopic (exact) mass is 405 g/mol. The van der Waals surface area contributed by atoms with Gasteiger partial charge in [-0.1, -0.05) is 42.3 Å². The van der Waals surface area contributed by atoms with Crippen molar-refractivity contribution >= 4 is 41.1 Å². The van der Waals surface area contributed by atoms with Crippen LogP contribution < -0.4 is 9.47 Å². The van der Waals surface area contributed by atoms with Crippen molar-refractivity contribution in [1.82, 2.24) is 0 Å². The molecule has 0 spiro atoms. The Morgan fingerprint density at radius 1 is 1.19 bits per heavy atom. The third kappa shape index (κ3) is 4.26. The topological polar surface area (TPSA) is 57.1 Å². The molecule has 0 unspecified atom stereocenters. The average Bonchev–Trinajstić information content (AvgIpc) is 3.01. The highest BCUT2D eigenvalue weighted by atomic mass is 35.5. The molecule has 0 aliphatic carbocycles. The van der Waals surface area contributed by atoms with Crippen LogP contribution in [0.15, 0.2) is 47.1 Å². The molecule has 2 aromatic carbocycles. The molecule has 2 aromatic rings. The van der Waals surface area contributed by atoms with Crippen molar-refractivity contribution in [1.29, 1.82) is 0 Å². The van der Waals surface area contributed by atoms with Crippen LogP contribution in [0.5, 0.6) is 11.5 Å². The predicted octanol–water partition coefficient (Wildman–Crippen LogP) is 5.14. The van der Waals surface area contributed by atoms with E-state index < -0.39 is 5.97 Å². The van der Waals surface area contributed by atoms with Gasteiger partial charge in [-0.15, -0.1) is 0 Å². The summed E-state index contributed by atoms with van der Waals surface area (Å²) in [5, 5.41) is 0.837. The highest BCUT2D eigenvalue weighted by Crippen LogP contribution is 2.37. The Kier molecular flexibility index (Phi) is 6.04. The Hall–Kier alpha value is -2.50. The van der Waals surface area contributed by atoms with Gasteiger partial charge in [0, 0.05) is 0 Å². The molecular formula is C20H17Cl2NO4. The van der Waals surface area contributed by atoms with Crippen LogP contribution >= 0.6 is 23.2 Å². The van der Waals surface area contributed by atoms with Crippen LogP contribution in [0.25, 0.3) is 6.08 Å². The van der Waals surface area contributed by atoms with Crippen molar-refractivity contribution in [2.45, 2.75) is 13.3 Å². The molecule has 27 heavy (non-hydrogen) atoms. The molecule has 0 bridgehead atoms. The maximum Gasteiger partial charge on any atom is 0.363 e. The Bertz CT molecular complexity index is 938. The molecule has 1 heterocycles. The minimum absolute atomic E-state index is 0.144. The third-order valence-corrected chi connectivity index (χ3v) is 4.34. The fraction of sp³-hybridized carbons (Fsp3) is 0.200. The molecule has 5 nitrogen and oxygen atoms in total. The average molecular weight is 406 g/mol. The number of hydrogen-bond acceptors (Lipinski definition) is 5. The summed E-state index contributed by atoms with van der Waals surface area (Å²) in [7, 11) is 1.53. The molecule has 0 saturated carbocycles. The summed E-state index contributed by atoms with van der Waals surface area (Å²) in [6.07, 6.45) is 2.42. The number of benzene rings is 2. The lowest BCUT2D eigenvalue weighted by molar-refractivity contribution is -0.129. The zero-order valence-corrected chi connectivity index (χ0v) is 16.3. The van der Waals surface area contributed by atoms with Gasteiger partial charge in [0.05, 0.1) is 29.3 Å². The Morgan fingerprint density at radius 2 is 1.96 bits per heavy atom. The largest absolute Gasteiger partial charge is 0.493 e. The van der Waals surface area contributed by atoms with Gasteiger partial charge in [0.25, 0.3) is 0 Å². The number of rotatable bonds is 6. The van der Waals surface area contributed by atoms with Gasteiger partial charge in [-0.3, -0.25) is 0 Å². The first-order chi connectivity index (χ1) is 13.0. The smallest absolute Gasteiger partial charge is 0.363 e. The highest BCUT2D eigenvalue weighted by molar-refractivity contribution is 6.34. The van der Waals surface area contributed by atoms with Crippen molar-refractivity contribution in [2.75, 3.05) is 13.7 Å². The van der Waals surface area contributed by atoms with Gasteiger partial charge >= 0.3 is 5.97 Å². The number of halogens is 2. The molecule has 7 heteroatoms. The number of carbonyl (C=O) groups excluding carboxylic acids is 1. The summed E-state index contributed by atoms with van der Waals surface area (Å²) in [5.74, 6) is 0.547. The summed E-state index contributed by atoms with van der Waals surface area (Å²) in [6.45, 7) is 2.52. The Labute approximate surface area is 167 Å². The number of hydrogen-bond donors (Lipinski definition) is 0. The van der Waals surface area contributed by atoms with E-state index in [0.717, 1.165) is 6.42 Å². The van der Waals surface area contributed by atoms with Crippen LogP contribution in [0.2, 0.25) is 10.0 Å². The van der Waals surface area contributed by atoms with Crippen molar-refractivity contribution in [3.8, 4) is 11.5 Å². The first kappa shape index (κ1) is 19.3. The standard InChI is InChI=1S/C20H17Cl2NO4/c1-3-8-26-18-15(22)9-12(11-17(18)25-2)10-16-20(24)27-19(23-16)13-6-4-5-7-14(13)21/h4-7,9-11H,3,8H2,1-2H3/b16-10-. The summed E-state index contributed by atoms with van der Waals surface area (Å²) in [5.41, 5.74) is 1.33. The van der Waals surface area contributed by atoms with Gasteiger partial charge in [-0.25, -0.2) is 9.79 Å². The quantitative estimate of drug-likeness (QED) is 0.493. The molecule has 0 saturated heterocycles. The molecule has 0 atom stereocenters. The summed E-state index contributed by atoms with van der Waals surface area (Å²) < 4.78 is 16.2. The lowest BCUT2D eigenvalue weighted by atomic mass is 10.1. The van der Waals surface area contributed by atoms with Crippen molar-refractivity contribution in [3.05, 3.63) is 63.3 Å². The molecule has 0 aromatic heterocycles. The summed E-state index contributed by atoms with van der Waals surface area (Å²) in [4.78, 5) is 16.4. The minimum Gasteiger partial charge on any atom is -0.493 e. The van der Waals surface area contributed by atoms with E-state index in [4.69, 9.17) is 37.4 Å². The minimum atomic E-state index is -0.564. The van der Waals surface area contributed by atoms with E-state index in [-0.39, 0.29) is 11.6 Å². The Morgan fingerprint density at radius 3 is 2.67 bits per heavy atom. The molecular weight excluding hydrogens is 389 g/mol. The normalized spacial score (nSPS) is 14.9. The van der Waals surface area contributed by atoms with Gasteiger partial charge in [0.15, 0.2) is 17.2 Å². The number of ether oxygens (including phenoxy) is 3. The fourth-order valence-corrected chi connectivity index (χ4v) is 2.97. The molecule has 140 valence electrons. The molecule has 1 aliphatic heterocycles. The van der Waals surface area contributed by atoms with Gasteiger partial charge in [0.2, 0.25) is 5.90 Å². The van der Waals surface area contributed by atoms with E-state index in [1.165, 1.54) is 7.11 Å². The molecule has 0 amide bonds. The maximum atomic E-state index is 12.2. The van der Waals surface area contributed by atoms with Gasteiger partial charge in [0.1, 0.15) is 0 Å². The number of cyclic esters (lactones) is 1. The summed E-state index contributed by atoms with van der Waals surface area (Å²) in [6, 6.07) is 10.4. The van der Waals surface area contributed by atoms with E-state index in [1.54, 1.807) is 42.5 Å². The van der Waals surface area contributed by atoms with E-state index >= 15 is 0 Å². The van der Waals surface area contributed by atoms with E-state index in [9.17, 15) is 4.79 Å². The van der Waals surface area contributed by atoms with Crippen LogP contribution in [0.3, 0.4) is 0 Å². The number of methoxy groups -OCH3 is 1. The van der Waals surface area contributed by atoms with E-state index in [0.29, 0.717) is 39.3 Å². The number of esters is 1. The lowest BCUT2D eigenvalue weighted by Gasteiger charge is -2.12. The molecule has 0 fully saturated rings. The molecule has 0 radical (unpaired) electrons. The third-order valence-electron chi connectivity index (χ3n) is 3.73. The van der Waals surface area contributed by atoms with E-state index in [1.807, 2.05) is 6.92 Å². The number of aliphatic imine (C=N–C) groups is 1. The first-order valence-electron chi connectivity index (χ1n) is 8.31. The molecule has 3 rings (SSSR count). The van der Waals surface area contributed by atoms with Gasteiger partial charge < -0.3 is 14.2 Å². The van der Waals surface area contributed by atoms with Crippen molar-refractivity contribution in [3.63, 3.8) is 0 Å². The second kappa shape index (κ2) is 8.46. The van der Waals surface area contributed by atoms with Crippen molar-refractivity contribution in [2.24, 2.45) is 4.99 Å². The highest BCUT2D eigenvalue weighted by Gasteiger charge is 2.25. The first-order valence-corrected chi connectivity index (χ1v) is 9.07. The van der Waals surface area contributed by atoms with E-state index in [2.05, 4.69) is 4.99 Å². The van der Waals surface area contributed by atoms with Crippen LogP contribution in [0.1, 0.15) is 24.5 Å². The van der Waals surface area contributed by atoms with Gasteiger partial charge in [-0.05, 0) is 42.3 Å². The van der Waals surface area contributed by atoms with Crippen LogP contribution in [0.4, 0.5) is 0 Å². The fourth-order valence-electron chi connectivity index (χ4n) is 2.48. The molecule has 1 aliphatic rings. The van der Waals surface area contributed by atoms with Gasteiger partial charge in [-0.2, -0.15) is 0 Å². The lowest BCUT2D eigenvalue weighted by Crippen LogP contribution is -2.05. The zero-order valence-electron chi connectivity index (χ0n) is 14.8. The number of carbonyl (C=O) groups is 1. The van der Waals surface area contributed by atoms with Crippen LogP contribution in [-0.2, 0) is 9.53 Å². The second-order valence-corrected chi connectivity index (χ2v) is 6.51. The van der Waals surface area contributed by atoms with Crippen LogP contribution in [-0.4, -0.2) is 25.6 Å². The maximum absolute atomic E-state index is 12.2. The second-order valence-electron chi connectivity index (χ2n) is 5.70. The SMILES string of the molecule is CCCOc1c(Cl)cc(/C=C2\N=C(c3ccccc3Cl)OC2=O)cc1OC. The summed E-state index contributed by atoms with van der Waals surface area (Å²) >= 11 is 12.5. The zero-order chi connectivity index (χ0) is 19.4. The van der Waals surface area contributed by atoms with Crippen molar-refractivity contribution < 1.29 is 19.0 Å². The van der Waals surface area contributed by atoms with Crippen LogP contribution in [0, 0.1) is 0 Å².